The minimum absolute atomic E-state index is 0.0731. The molecule has 0 N–H and O–H groups in total. The highest BCUT2D eigenvalue weighted by Gasteiger charge is 2.36. The Morgan fingerprint density at radius 3 is 2.81 bits per heavy atom. The zero-order valence-electron chi connectivity index (χ0n) is 12.5. The monoisotopic (exact) mass is 330 g/mol. The van der Waals surface area contributed by atoms with E-state index in [1.165, 1.54) is 10.6 Å². The van der Waals surface area contributed by atoms with Crippen molar-refractivity contribution < 1.29 is 13.2 Å². The van der Waals surface area contributed by atoms with E-state index in [4.69, 9.17) is 0 Å². The summed E-state index contributed by atoms with van der Waals surface area (Å²) in [6.45, 7) is 3.52. The van der Waals surface area contributed by atoms with Crippen LogP contribution in [0.1, 0.15) is 31.1 Å². The number of carbonyl (C=O) groups excluding carboxylic acids is 1. The van der Waals surface area contributed by atoms with Crippen LogP contribution in [0, 0.1) is 0 Å². The first-order valence-corrected chi connectivity index (χ1v) is 9.94. The zero-order valence-corrected chi connectivity index (χ0v) is 14.1. The van der Waals surface area contributed by atoms with Crippen LogP contribution in [0.4, 0.5) is 0 Å². The molecular weight excluding hydrogens is 308 g/mol. The molecule has 1 atom stereocenters. The predicted octanol–water partition coefficient (Wildman–Crippen LogP) is 1.91. The zero-order chi connectivity index (χ0) is 15.5. The normalized spacial score (nSPS) is 20.4. The quantitative estimate of drug-likeness (QED) is 0.829. The lowest BCUT2D eigenvalue weighted by atomic mass is 10.0. The lowest BCUT2D eigenvalue weighted by Crippen LogP contribution is -2.52. The molecule has 0 bridgehead atoms. The molecule has 1 aromatic heterocycles. The number of hydrogen-bond acceptors (Lipinski definition) is 4. The van der Waals surface area contributed by atoms with Gasteiger partial charge in [0, 0.05) is 18.0 Å². The fourth-order valence-electron chi connectivity index (χ4n) is 2.70. The number of nitrogens with zero attached hydrogens (tertiary/aromatic N) is 2. The summed E-state index contributed by atoms with van der Waals surface area (Å²) in [5.74, 6) is -0.0731. The molecule has 1 saturated heterocycles. The third kappa shape index (κ3) is 4.05. The van der Waals surface area contributed by atoms with E-state index >= 15 is 0 Å². The third-order valence-corrected chi connectivity index (χ3v) is 5.94. The maximum Gasteiger partial charge on any atom is 0.241 e. The molecule has 7 heteroatoms. The highest BCUT2D eigenvalue weighted by Crippen LogP contribution is 2.23. The SMILES string of the molecule is CCN(Cc1cccs1)C(=O)C1CCCCN1S(C)(=O)=O. The average molecular weight is 330 g/mol. The molecule has 1 fully saturated rings. The smallest absolute Gasteiger partial charge is 0.241 e. The number of piperidine rings is 1. The summed E-state index contributed by atoms with van der Waals surface area (Å²) in [5, 5.41) is 1.98. The van der Waals surface area contributed by atoms with Crippen LogP contribution >= 0.6 is 11.3 Å². The molecular formula is C14H22N2O3S2. The molecule has 0 saturated carbocycles. The van der Waals surface area contributed by atoms with Crippen LogP contribution in [0.5, 0.6) is 0 Å². The van der Waals surface area contributed by atoms with Crippen molar-refractivity contribution >= 4 is 27.3 Å². The molecule has 21 heavy (non-hydrogen) atoms. The van der Waals surface area contributed by atoms with Gasteiger partial charge in [-0.3, -0.25) is 4.79 Å². The van der Waals surface area contributed by atoms with Crippen molar-refractivity contribution in [3.8, 4) is 0 Å². The van der Waals surface area contributed by atoms with Crippen LogP contribution in [0.15, 0.2) is 17.5 Å². The molecule has 5 nitrogen and oxygen atoms in total. The van der Waals surface area contributed by atoms with Gasteiger partial charge in [-0.2, -0.15) is 4.31 Å². The summed E-state index contributed by atoms with van der Waals surface area (Å²) in [6.07, 6.45) is 3.54. The van der Waals surface area contributed by atoms with E-state index in [0.717, 1.165) is 17.7 Å². The van der Waals surface area contributed by atoms with E-state index in [0.29, 0.717) is 26.1 Å². The Morgan fingerprint density at radius 1 is 1.48 bits per heavy atom. The van der Waals surface area contributed by atoms with E-state index < -0.39 is 16.1 Å². The lowest BCUT2D eigenvalue weighted by Gasteiger charge is -2.35. The minimum atomic E-state index is -3.34. The number of carbonyl (C=O) groups is 1. The molecule has 118 valence electrons. The van der Waals surface area contributed by atoms with E-state index in [9.17, 15) is 13.2 Å². The van der Waals surface area contributed by atoms with E-state index in [-0.39, 0.29) is 5.91 Å². The first kappa shape index (κ1) is 16.5. The second-order valence-electron chi connectivity index (χ2n) is 5.32. The van der Waals surface area contributed by atoms with Crippen LogP contribution in [-0.4, -0.2) is 48.9 Å². The lowest BCUT2D eigenvalue weighted by molar-refractivity contribution is -0.136. The summed E-state index contributed by atoms with van der Waals surface area (Å²) in [6, 6.07) is 3.42. The van der Waals surface area contributed by atoms with Gasteiger partial charge in [0.05, 0.1) is 12.8 Å². The fourth-order valence-corrected chi connectivity index (χ4v) is 4.53. The molecule has 0 aliphatic carbocycles. The molecule has 2 heterocycles. The highest BCUT2D eigenvalue weighted by molar-refractivity contribution is 7.88. The van der Waals surface area contributed by atoms with Gasteiger partial charge in [0.2, 0.25) is 15.9 Å². The molecule has 1 unspecified atom stereocenters. The summed E-state index contributed by atoms with van der Waals surface area (Å²) < 4.78 is 25.1. The Bertz CT molecular complexity index is 569. The molecule has 0 spiro atoms. The van der Waals surface area contributed by atoms with Crippen molar-refractivity contribution in [1.29, 1.82) is 0 Å². The van der Waals surface area contributed by atoms with Crippen molar-refractivity contribution in [1.82, 2.24) is 9.21 Å². The Kier molecular flexibility index (Phi) is 5.40. The predicted molar refractivity (Wildman–Crippen MR) is 84.6 cm³/mol. The van der Waals surface area contributed by atoms with Gasteiger partial charge in [0.25, 0.3) is 0 Å². The Labute approximate surface area is 130 Å². The van der Waals surface area contributed by atoms with Crippen LogP contribution in [-0.2, 0) is 21.4 Å². The molecule has 1 aromatic rings. The topological polar surface area (TPSA) is 57.7 Å². The highest BCUT2D eigenvalue weighted by atomic mass is 32.2. The van der Waals surface area contributed by atoms with Gasteiger partial charge in [0.1, 0.15) is 6.04 Å². The molecule has 1 aliphatic rings. The first-order chi connectivity index (χ1) is 9.93. The second-order valence-corrected chi connectivity index (χ2v) is 8.28. The summed E-state index contributed by atoms with van der Waals surface area (Å²) in [4.78, 5) is 15.6. The Hall–Kier alpha value is -0.920. The molecule has 1 aliphatic heterocycles. The van der Waals surface area contributed by atoms with Crippen LogP contribution in [0.3, 0.4) is 0 Å². The van der Waals surface area contributed by atoms with Crippen LogP contribution < -0.4 is 0 Å². The maximum absolute atomic E-state index is 12.7. The number of amides is 1. The Morgan fingerprint density at radius 2 is 2.24 bits per heavy atom. The number of thiophene rings is 1. The van der Waals surface area contributed by atoms with Gasteiger partial charge < -0.3 is 4.90 Å². The van der Waals surface area contributed by atoms with Gasteiger partial charge in [-0.05, 0) is 31.2 Å². The number of sulfonamides is 1. The molecule has 1 amide bonds. The van der Waals surface area contributed by atoms with Crippen molar-refractivity contribution in [3.63, 3.8) is 0 Å². The maximum atomic E-state index is 12.7. The van der Waals surface area contributed by atoms with Gasteiger partial charge in [-0.1, -0.05) is 12.5 Å². The van der Waals surface area contributed by atoms with Gasteiger partial charge in [-0.25, -0.2) is 8.42 Å². The minimum Gasteiger partial charge on any atom is -0.336 e. The van der Waals surface area contributed by atoms with Crippen molar-refractivity contribution in [2.24, 2.45) is 0 Å². The van der Waals surface area contributed by atoms with Crippen molar-refractivity contribution in [2.45, 2.75) is 38.8 Å². The first-order valence-electron chi connectivity index (χ1n) is 7.21. The summed E-state index contributed by atoms with van der Waals surface area (Å²) in [7, 11) is -3.34. The number of hydrogen-bond donors (Lipinski definition) is 0. The molecule has 2 rings (SSSR count). The molecule has 0 aromatic carbocycles. The largest absolute Gasteiger partial charge is 0.336 e. The van der Waals surface area contributed by atoms with Crippen LogP contribution in [0.2, 0.25) is 0 Å². The number of rotatable bonds is 5. The number of likely N-dealkylation sites (N-methyl/N-ethyl adjacent to an activating group) is 1. The average Bonchev–Trinajstić information content (AvgIpc) is 2.96. The third-order valence-electron chi connectivity index (χ3n) is 3.78. The van der Waals surface area contributed by atoms with Gasteiger partial charge >= 0.3 is 0 Å². The van der Waals surface area contributed by atoms with Crippen molar-refractivity contribution in [3.05, 3.63) is 22.4 Å². The van der Waals surface area contributed by atoms with E-state index in [1.807, 2.05) is 24.4 Å². The second kappa shape index (κ2) is 6.89. The van der Waals surface area contributed by atoms with Gasteiger partial charge in [-0.15, -0.1) is 11.3 Å². The standard InChI is InChI=1S/C14H22N2O3S2/c1-3-15(11-12-7-6-10-20-12)14(17)13-8-4-5-9-16(13)21(2,18)19/h6-7,10,13H,3-5,8-9,11H2,1-2H3. The van der Waals surface area contributed by atoms with E-state index in [1.54, 1.807) is 16.2 Å². The van der Waals surface area contributed by atoms with Crippen molar-refractivity contribution in [2.75, 3.05) is 19.3 Å². The van der Waals surface area contributed by atoms with E-state index in [2.05, 4.69) is 0 Å². The summed E-state index contributed by atoms with van der Waals surface area (Å²) >= 11 is 1.61. The fraction of sp³-hybridized carbons (Fsp3) is 0.643. The van der Waals surface area contributed by atoms with Crippen LogP contribution in [0.25, 0.3) is 0 Å². The summed E-state index contributed by atoms with van der Waals surface area (Å²) in [5.41, 5.74) is 0. The van der Waals surface area contributed by atoms with Gasteiger partial charge in [0.15, 0.2) is 0 Å². The Balaban J connectivity index is 2.14. The molecule has 0 radical (unpaired) electrons.